The quantitative estimate of drug-likeness (QED) is 0.254. The van der Waals surface area contributed by atoms with Crippen LogP contribution in [0.4, 0.5) is 0 Å². The van der Waals surface area contributed by atoms with Crippen molar-refractivity contribution in [2.75, 3.05) is 0 Å². The van der Waals surface area contributed by atoms with E-state index in [1.807, 2.05) is 35.0 Å². The van der Waals surface area contributed by atoms with Crippen molar-refractivity contribution in [1.29, 1.82) is 15.8 Å². The van der Waals surface area contributed by atoms with Gasteiger partial charge in [-0.1, -0.05) is 12.1 Å². The van der Waals surface area contributed by atoms with Crippen molar-refractivity contribution in [3.8, 4) is 14.9 Å². The van der Waals surface area contributed by atoms with Crippen LogP contribution in [0.15, 0.2) is 47.2 Å². The standard InChI is InChI=1S/C8H6N2SSe2.C6H6Cl2S.C4H4S.CHNSe.K/c9-5-12-3-7-1-2-8(11-7)4-13-6-10;7-3-5-1-2-6(4-8)9-5;1-2-4-5-3-1;2-1-3;/h1-2H,3-4H2;1-2H,3-4H2;1-4H;3H;/q;;;;+1/p-1. The fraction of sp³-hybridized carbons (Fsp3) is 0.211. The third kappa shape index (κ3) is 19.4. The molecule has 0 spiro atoms. The number of nitrogens with zero attached hydrogens (tertiary/aromatic N) is 3. The van der Waals surface area contributed by atoms with Crippen molar-refractivity contribution >= 4 is 138 Å². The molecule has 0 radical (unpaired) electrons. The van der Waals surface area contributed by atoms with Gasteiger partial charge in [0.2, 0.25) is 0 Å². The Bertz CT molecular complexity index is 864. The van der Waals surface area contributed by atoms with Crippen LogP contribution in [0.25, 0.3) is 0 Å². The topological polar surface area (TPSA) is 71.4 Å². The Hall–Kier alpha value is 1.34. The Morgan fingerprint density at radius 3 is 1.39 bits per heavy atom. The molecule has 158 valence electrons. The van der Waals surface area contributed by atoms with Gasteiger partial charge in [-0.05, 0) is 22.9 Å². The van der Waals surface area contributed by atoms with Crippen LogP contribution >= 0.6 is 57.2 Å². The van der Waals surface area contributed by atoms with E-state index in [0.29, 0.717) is 17.4 Å². The molecule has 0 bridgehead atoms. The molecule has 0 saturated carbocycles. The predicted molar refractivity (Wildman–Crippen MR) is 139 cm³/mol. The molecule has 0 amide bonds. The van der Waals surface area contributed by atoms with E-state index >= 15 is 0 Å². The molecule has 12 heteroatoms. The molecule has 3 aromatic heterocycles. The Balaban J connectivity index is 0.000000430. The number of alkyl halides is 2. The summed E-state index contributed by atoms with van der Waals surface area (Å²) in [7, 11) is 0. The fourth-order valence-electron chi connectivity index (χ4n) is 1.58. The van der Waals surface area contributed by atoms with E-state index in [0.717, 1.165) is 56.0 Å². The zero-order valence-electron chi connectivity index (χ0n) is 16.5. The van der Waals surface area contributed by atoms with Crippen molar-refractivity contribution in [2.45, 2.75) is 22.4 Å². The first kappa shape index (κ1) is 32.3. The monoisotopic (exact) mass is 731 g/mol. The summed E-state index contributed by atoms with van der Waals surface area (Å²) in [5.74, 6) is 1.20. The van der Waals surface area contributed by atoms with Gasteiger partial charge in [-0.15, -0.1) is 34.5 Å². The van der Waals surface area contributed by atoms with Gasteiger partial charge in [0.25, 0.3) is 0 Å². The summed E-state index contributed by atoms with van der Waals surface area (Å²) < 4.78 is 0. The molecule has 0 atom stereocenters. The van der Waals surface area contributed by atoms with Crippen LogP contribution in [0.1, 0.15) is 19.5 Å². The van der Waals surface area contributed by atoms with Gasteiger partial charge in [0.15, 0.2) is 0 Å². The van der Waals surface area contributed by atoms with E-state index in [9.17, 15) is 0 Å². The van der Waals surface area contributed by atoms with Gasteiger partial charge in [0.05, 0.1) is 11.8 Å². The minimum atomic E-state index is 0.0858. The molecule has 0 aliphatic rings. The number of nitriles is 3. The first-order chi connectivity index (χ1) is 15.1. The molecular formula is C19H16Cl2KN3S3Se3. The average Bonchev–Trinajstić information content (AvgIpc) is 3.60. The molecule has 3 aromatic rings. The van der Waals surface area contributed by atoms with Crippen LogP contribution in [0, 0.1) is 30.7 Å². The predicted octanol–water partition coefficient (Wildman–Crippen LogP) is 5.35. The summed E-state index contributed by atoms with van der Waals surface area (Å²) in [4.78, 5) is 11.4. The summed E-state index contributed by atoms with van der Waals surface area (Å²) in [5, 5.41) is 30.4. The van der Waals surface area contributed by atoms with Crippen LogP contribution in [0.3, 0.4) is 0 Å². The summed E-state index contributed by atoms with van der Waals surface area (Å²) in [5.41, 5.74) is 0.410. The molecular weight excluding hydrogens is 713 g/mol. The number of thiophene rings is 3. The normalized spacial score (nSPS) is 8.68. The summed E-state index contributed by atoms with van der Waals surface area (Å²) in [6.45, 7) is 0. The Labute approximate surface area is 253 Å². The first-order valence-electron chi connectivity index (χ1n) is 8.33. The molecule has 3 nitrogen and oxygen atoms in total. The molecule has 0 saturated heterocycles. The second-order valence-electron chi connectivity index (χ2n) is 4.85. The van der Waals surface area contributed by atoms with Crippen LogP contribution < -0.4 is 0 Å². The van der Waals surface area contributed by atoms with Crippen molar-refractivity contribution < 1.29 is 0 Å². The SMILES string of the molecule is ClCc1ccc(CCl)s1.N#C[Se]Cc1ccc(C[Se]C#N)s1.N#C[Se][K].c1ccsc1. The molecule has 3 rings (SSSR count). The third-order valence-electron chi connectivity index (χ3n) is 2.77. The molecule has 3 heterocycles. The van der Waals surface area contributed by atoms with E-state index in [4.69, 9.17) is 39.0 Å². The second-order valence-corrected chi connectivity index (χ2v) is 16.4. The molecule has 0 N–H and O–H groups in total. The summed E-state index contributed by atoms with van der Waals surface area (Å²) in [6.07, 6.45) is 0. The minimum absolute atomic E-state index is 0.0858. The first-order valence-corrected chi connectivity index (χ1v) is 25.3. The van der Waals surface area contributed by atoms with Crippen LogP contribution in [0.5, 0.6) is 0 Å². The van der Waals surface area contributed by atoms with Crippen molar-refractivity contribution in [2.24, 2.45) is 0 Å². The Morgan fingerprint density at radius 2 is 1.13 bits per heavy atom. The minimum Gasteiger partial charge on any atom is -0.152 e. The Kier molecular flexibility index (Phi) is 25.5. The van der Waals surface area contributed by atoms with Gasteiger partial charge < -0.3 is 0 Å². The number of hydrogen-bond donors (Lipinski definition) is 0. The van der Waals surface area contributed by atoms with Crippen LogP contribution in [0.2, 0.25) is 0 Å². The van der Waals surface area contributed by atoms with Crippen molar-refractivity contribution in [3.05, 3.63) is 66.7 Å². The maximum atomic E-state index is 8.42. The van der Waals surface area contributed by atoms with E-state index in [2.05, 4.69) is 27.0 Å². The van der Waals surface area contributed by atoms with E-state index in [-0.39, 0.29) is 29.9 Å². The van der Waals surface area contributed by atoms with Crippen molar-refractivity contribution in [1.82, 2.24) is 0 Å². The fourth-order valence-corrected chi connectivity index (χ4v) is 6.61. The molecule has 0 fully saturated rings. The summed E-state index contributed by atoms with van der Waals surface area (Å²) in [6, 6.07) is 12.2. The van der Waals surface area contributed by atoms with Gasteiger partial charge in [0, 0.05) is 9.75 Å². The van der Waals surface area contributed by atoms with Crippen LogP contribution in [-0.2, 0) is 22.4 Å². The Morgan fingerprint density at radius 1 is 0.742 bits per heavy atom. The molecule has 0 aliphatic carbocycles. The maximum absolute atomic E-state index is 8.42. The number of halogens is 2. The summed E-state index contributed by atoms with van der Waals surface area (Å²) >= 11 is 17.2. The molecule has 31 heavy (non-hydrogen) atoms. The number of rotatable bonds is 6. The van der Waals surface area contributed by atoms with Gasteiger partial charge in [-0.25, -0.2) is 0 Å². The molecule has 0 aliphatic heterocycles. The van der Waals surface area contributed by atoms with E-state index in [1.54, 1.807) is 34.0 Å². The maximum Gasteiger partial charge on any atom is -0.00934 e. The van der Waals surface area contributed by atoms with Gasteiger partial charge >= 0.3 is 155 Å². The smallest absolute Gasteiger partial charge is 0.00934 e. The second kappa shape index (κ2) is 24.5. The van der Waals surface area contributed by atoms with Crippen LogP contribution in [-0.4, -0.2) is 80.9 Å². The van der Waals surface area contributed by atoms with Crippen molar-refractivity contribution in [3.63, 3.8) is 0 Å². The largest absolute Gasteiger partial charge is 0.152 e. The van der Waals surface area contributed by atoms with Gasteiger partial charge in [-0.3, -0.25) is 0 Å². The molecule has 0 unspecified atom stereocenters. The zero-order valence-corrected chi connectivity index (χ0v) is 28.7. The zero-order chi connectivity index (χ0) is 23.2. The van der Waals surface area contributed by atoms with Gasteiger partial charge in [-0.2, -0.15) is 11.3 Å². The van der Waals surface area contributed by atoms with E-state index < -0.39 is 0 Å². The molecule has 0 aromatic carbocycles. The third-order valence-corrected chi connectivity index (χ3v) is 11.6. The van der Waals surface area contributed by atoms with E-state index in [1.165, 1.54) is 19.5 Å². The average molecular weight is 729 g/mol. The van der Waals surface area contributed by atoms with Gasteiger partial charge in [0.1, 0.15) is 0 Å². The number of hydrogen-bond acceptors (Lipinski definition) is 6.